The third-order valence-electron chi connectivity index (χ3n) is 2.39. The molecule has 0 heterocycles. The molecular formula is C10H15ClN2O. The zero-order valence-electron chi connectivity index (χ0n) is 8.14. The van der Waals surface area contributed by atoms with Gasteiger partial charge in [-0.15, -0.1) is 19.0 Å². The smallest absolute Gasteiger partial charge is 0.315 e. The van der Waals surface area contributed by atoms with Crippen LogP contribution in [0.5, 0.6) is 0 Å². The lowest BCUT2D eigenvalue weighted by Crippen LogP contribution is -2.49. The van der Waals surface area contributed by atoms with Crippen LogP contribution in [0.3, 0.4) is 0 Å². The molecule has 1 rings (SSSR count). The number of urea groups is 1. The zero-order chi connectivity index (χ0) is 9.90. The SMILES string of the molecule is C=C[C@]1(N(C)C(N)=O)C=CC=CC1.Cl. The van der Waals surface area contributed by atoms with E-state index < -0.39 is 11.6 Å². The average Bonchev–Trinajstić information content (AvgIpc) is 2.17. The van der Waals surface area contributed by atoms with Gasteiger partial charge in [-0.3, -0.25) is 0 Å². The Labute approximate surface area is 90.4 Å². The fourth-order valence-electron chi connectivity index (χ4n) is 1.37. The number of halogens is 1. The van der Waals surface area contributed by atoms with Crippen molar-refractivity contribution >= 4 is 18.4 Å². The van der Waals surface area contributed by atoms with E-state index in [9.17, 15) is 4.79 Å². The maximum Gasteiger partial charge on any atom is 0.315 e. The molecule has 2 amide bonds. The number of primary amides is 1. The van der Waals surface area contributed by atoms with Gasteiger partial charge in [-0.25, -0.2) is 4.79 Å². The molecule has 2 N–H and O–H groups in total. The first kappa shape index (κ1) is 12.8. The molecule has 78 valence electrons. The highest BCUT2D eigenvalue weighted by Crippen LogP contribution is 2.25. The molecule has 0 bridgehead atoms. The second-order valence-electron chi connectivity index (χ2n) is 3.08. The Balaban J connectivity index is 0.00000169. The molecule has 0 aromatic heterocycles. The van der Waals surface area contributed by atoms with Crippen molar-refractivity contribution in [2.45, 2.75) is 12.0 Å². The molecule has 0 unspecified atom stereocenters. The maximum absolute atomic E-state index is 11.0. The van der Waals surface area contributed by atoms with Crippen LogP contribution in [0, 0.1) is 0 Å². The van der Waals surface area contributed by atoms with Crippen molar-refractivity contribution in [3.8, 4) is 0 Å². The first-order chi connectivity index (χ1) is 6.12. The van der Waals surface area contributed by atoms with Gasteiger partial charge in [-0.2, -0.15) is 0 Å². The molecule has 0 aromatic carbocycles. The number of nitrogens with zero attached hydrogens (tertiary/aromatic N) is 1. The Morgan fingerprint density at radius 2 is 2.29 bits per heavy atom. The second kappa shape index (κ2) is 4.86. The summed E-state index contributed by atoms with van der Waals surface area (Å²) >= 11 is 0. The number of amides is 2. The van der Waals surface area contributed by atoms with Gasteiger partial charge in [0.15, 0.2) is 0 Å². The van der Waals surface area contributed by atoms with Gasteiger partial charge >= 0.3 is 6.03 Å². The molecule has 0 saturated carbocycles. The predicted octanol–water partition coefficient (Wildman–Crippen LogP) is 1.86. The fraction of sp³-hybridized carbons (Fsp3) is 0.300. The molecule has 0 spiro atoms. The minimum atomic E-state index is -0.445. The van der Waals surface area contributed by atoms with Crippen molar-refractivity contribution < 1.29 is 4.79 Å². The summed E-state index contributed by atoms with van der Waals surface area (Å²) in [5.74, 6) is 0. The van der Waals surface area contributed by atoms with Crippen LogP contribution in [-0.2, 0) is 0 Å². The highest BCUT2D eigenvalue weighted by molar-refractivity contribution is 5.85. The van der Waals surface area contributed by atoms with E-state index in [4.69, 9.17) is 5.73 Å². The third-order valence-corrected chi connectivity index (χ3v) is 2.39. The molecule has 4 heteroatoms. The van der Waals surface area contributed by atoms with Gasteiger partial charge in [0.25, 0.3) is 0 Å². The Morgan fingerprint density at radius 1 is 1.64 bits per heavy atom. The van der Waals surface area contributed by atoms with Crippen molar-refractivity contribution in [3.05, 3.63) is 37.0 Å². The van der Waals surface area contributed by atoms with E-state index in [1.54, 1.807) is 13.1 Å². The van der Waals surface area contributed by atoms with Crippen LogP contribution in [0.2, 0.25) is 0 Å². The Bertz CT molecular complexity index is 286. The Kier molecular flexibility index (Phi) is 4.44. The standard InChI is InChI=1S/C10H14N2O.ClH/c1-3-10(12(2)9(11)13)7-5-4-6-8-10;/h3-7H,1,8H2,2H3,(H2,11,13);1H/t10-;/m0./s1. The van der Waals surface area contributed by atoms with Gasteiger partial charge in [-0.05, 0) is 6.42 Å². The van der Waals surface area contributed by atoms with Gasteiger partial charge in [0, 0.05) is 7.05 Å². The molecule has 0 fully saturated rings. The Hall–Kier alpha value is -1.22. The number of rotatable bonds is 2. The molecule has 0 aromatic rings. The van der Waals surface area contributed by atoms with Crippen LogP contribution >= 0.6 is 12.4 Å². The summed E-state index contributed by atoms with van der Waals surface area (Å²) in [6.07, 6.45) is 10.2. The molecule has 0 saturated heterocycles. The first-order valence-corrected chi connectivity index (χ1v) is 4.13. The summed E-state index contributed by atoms with van der Waals surface area (Å²) in [7, 11) is 1.67. The lowest BCUT2D eigenvalue weighted by Gasteiger charge is -2.36. The van der Waals surface area contributed by atoms with E-state index in [1.807, 2.05) is 24.3 Å². The largest absolute Gasteiger partial charge is 0.351 e. The summed E-state index contributed by atoms with van der Waals surface area (Å²) in [6.45, 7) is 3.73. The zero-order valence-corrected chi connectivity index (χ0v) is 8.96. The van der Waals surface area contributed by atoms with Crippen molar-refractivity contribution in [3.63, 3.8) is 0 Å². The van der Waals surface area contributed by atoms with E-state index in [-0.39, 0.29) is 12.4 Å². The number of carbonyl (C=O) groups is 1. The number of hydrogen-bond acceptors (Lipinski definition) is 1. The molecular weight excluding hydrogens is 200 g/mol. The fourth-order valence-corrected chi connectivity index (χ4v) is 1.37. The molecule has 14 heavy (non-hydrogen) atoms. The first-order valence-electron chi connectivity index (χ1n) is 4.13. The minimum absolute atomic E-state index is 0. The van der Waals surface area contributed by atoms with Crippen LogP contribution in [0.1, 0.15) is 6.42 Å². The lowest BCUT2D eigenvalue weighted by atomic mass is 9.90. The van der Waals surface area contributed by atoms with Gasteiger partial charge in [0.05, 0.1) is 5.54 Å². The van der Waals surface area contributed by atoms with Crippen LogP contribution in [0.4, 0.5) is 4.79 Å². The lowest BCUT2D eigenvalue weighted by molar-refractivity contribution is 0.190. The molecule has 1 aliphatic rings. The van der Waals surface area contributed by atoms with Crippen LogP contribution in [0.15, 0.2) is 37.0 Å². The summed E-state index contributed by atoms with van der Waals surface area (Å²) < 4.78 is 0. The molecule has 3 nitrogen and oxygen atoms in total. The van der Waals surface area contributed by atoms with Gasteiger partial charge in [0.1, 0.15) is 0 Å². The Morgan fingerprint density at radius 3 is 2.64 bits per heavy atom. The highest BCUT2D eigenvalue weighted by atomic mass is 35.5. The number of nitrogens with two attached hydrogens (primary N) is 1. The van der Waals surface area contributed by atoms with Crippen LogP contribution in [0.25, 0.3) is 0 Å². The second-order valence-corrected chi connectivity index (χ2v) is 3.08. The monoisotopic (exact) mass is 214 g/mol. The van der Waals surface area contributed by atoms with Crippen LogP contribution in [-0.4, -0.2) is 23.5 Å². The van der Waals surface area contributed by atoms with Gasteiger partial charge < -0.3 is 10.6 Å². The van der Waals surface area contributed by atoms with E-state index in [2.05, 4.69) is 6.58 Å². The maximum atomic E-state index is 11.0. The van der Waals surface area contributed by atoms with Crippen molar-refractivity contribution in [1.82, 2.24) is 4.90 Å². The quantitative estimate of drug-likeness (QED) is 0.701. The molecule has 1 aliphatic carbocycles. The molecule has 0 aliphatic heterocycles. The molecule has 0 radical (unpaired) electrons. The summed E-state index contributed by atoms with van der Waals surface area (Å²) in [4.78, 5) is 12.5. The van der Waals surface area contributed by atoms with Crippen molar-refractivity contribution in [1.29, 1.82) is 0 Å². The average molecular weight is 215 g/mol. The van der Waals surface area contributed by atoms with E-state index >= 15 is 0 Å². The highest BCUT2D eigenvalue weighted by Gasteiger charge is 2.30. The summed E-state index contributed by atoms with van der Waals surface area (Å²) in [5.41, 5.74) is 4.76. The summed E-state index contributed by atoms with van der Waals surface area (Å²) in [5, 5.41) is 0. The predicted molar refractivity (Wildman–Crippen MR) is 60.4 cm³/mol. The topological polar surface area (TPSA) is 46.3 Å². The molecule has 1 atom stereocenters. The van der Waals surface area contributed by atoms with E-state index in [0.717, 1.165) is 6.42 Å². The summed E-state index contributed by atoms with van der Waals surface area (Å²) in [6, 6.07) is -0.445. The number of carbonyl (C=O) groups excluding carboxylic acids is 1. The van der Waals surface area contributed by atoms with Crippen LogP contribution < -0.4 is 5.73 Å². The minimum Gasteiger partial charge on any atom is -0.351 e. The van der Waals surface area contributed by atoms with Gasteiger partial charge in [-0.1, -0.05) is 30.4 Å². The third kappa shape index (κ3) is 2.17. The van der Waals surface area contributed by atoms with Crippen molar-refractivity contribution in [2.24, 2.45) is 5.73 Å². The normalized spacial score (nSPS) is 23.8. The number of allylic oxidation sites excluding steroid dienone is 2. The van der Waals surface area contributed by atoms with E-state index in [0.29, 0.717) is 0 Å². The van der Waals surface area contributed by atoms with Crippen molar-refractivity contribution in [2.75, 3.05) is 7.05 Å². The van der Waals surface area contributed by atoms with Gasteiger partial charge in [0.2, 0.25) is 0 Å². The van der Waals surface area contributed by atoms with E-state index in [1.165, 1.54) is 4.90 Å². The number of hydrogen-bond donors (Lipinski definition) is 1. The number of likely N-dealkylation sites (N-methyl/N-ethyl adjacent to an activating group) is 1.